The molecular formula is C17H13F3N4O2. The molecule has 0 spiro atoms. The number of rotatable bonds is 5. The summed E-state index contributed by atoms with van der Waals surface area (Å²) >= 11 is 0. The normalized spacial score (nSPS) is 11.2. The molecule has 0 atom stereocenters. The highest BCUT2D eigenvalue weighted by Crippen LogP contribution is 2.30. The number of halogens is 3. The van der Waals surface area contributed by atoms with Gasteiger partial charge in [-0.2, -0.15) is 13.2 Å². The van der Waals surface area contributed by atoms with Gasteiger partial charge in [-0.25, -0.2) is 9.97 Å². The van der Waals surface area contributed by atoms with Gasteiger partial charge in [0.25, 0.3) is 5.91 Å². The summed E-state index contributed by atoms with van der Waals surface area (Å²) in [7, 11) is 0. The lowest BCUT2D eigenvalue weighted by Crippen LogP contribution is -2.23. The second-order valence-corrected chi connectivity index (χ2v) is 5.23. The number of benzene rings is 1. The lowest BCUT2D eigenvalue weighted by Gasteiger charge is -2.09. The van der Waals surface area contributed by atoms with Crippen molar-refractivity contribution in [1.82, 2.24) is 15.3 Å². The Morgan fingerprint density at radius 2 is 1.88 bits per heavy atom. The Hall–Kier alpha value is -3.36. The van der Waals surface area contributed by atoms with Crippen LogP contribution in [0.5, 0.6) is 0 Å². The molecule has 0 unspecified atom stereocenters. The van der Waals surface area contributed by atoms with Gasteiger partial charge in [0.05, 0.1) is 18.4 Å². The predicted octanol–water partition coefficient (Wildman–Crippen LogP) is 3.76. The van der Waals surface area contributed by atoms with E-state index in [-0.39, 0.29) is 18.2 Å². The summed E-state index contributed by atoms with van der Waals surface area (Å²) in [6.45, 7) is 0.206. The monoisotopic (exact) mass is 362 g/mol. The van der Waals surface area contributed by atoms with Crippen molar-refractivity contribution in [2.24, 2.45) is 0 Å². The van der Waals surface area contributed by atoms with Crippen molar-refractivity contribution in [3.8, 4) is 0 Å². The molecule has 0 radical (unpaired) electrons. The van der Waals surface area contributed by atoms with Crippen molar-refractivity contribution >= 4 is 17.5 Å². The first kappa shape index (κ1) is 17.5. The molecule has 134 valence electrons. The average Bonchev–Trinajstić information content (AvgIpc) is 3.13. The van der Waals surface area contributed by atoms with Gasteiger partial charge in [-0.1, -0.05) is 0 Å². The number of nitrogens with one attached hydrogen (secondary N) is 2. The highest BCUT2D eigenvalue weighted by Gasteiger charge is 2.29. The minimum atomic E-state index is -4.40. The zero-order chi connectivity index (χ0) is 18.6. The van der Waals surface area contributed by atoms with Crippen LogP contribution in [0.25, 0.3) is 0 Å². The van der Waals surface area contributed by atoms with Crippen LogP contribution in [0.4, 0.5) is 24.8 Å². The van der Waals surface area contributed by atoms with Crippen molar-refractivity contribution < 1.29 is 22.4 Å². The topological polar surface area (TPSA) is 80.0 Å². The number of aromatic nitrogens is 2. The zero-order valence-electron chi connectivity index (χ0n) is 13.2. The third kappa shape index (κ3) is 4.38. The van der Waals surface area contributed by atoms with Gasteiger partial charge in [-0.3, -0.25) is 4.79 Å². The summed E-state index contributed by atoms with van der Waals surface area (Å²) in [4.78, 5) is 20.1. The van der Waals surface area contributed by atoms with Gasteiger partial charge in [0.2, 0.25) is 5.95 Å². The van der Waals surface area contributed by atoms with Crippen LogP contribution in [0, 0.1) is 0 Å². The molecule has 0 aliphatic heterocycles. The molecule has 0 saturated carbocycles. The lowest BCUT2D eigenvalue weighted by atomic mass is 10.2. The summed E-state index contributed by atoms with van der Waals surface area (Å²) in [5, 5.41) is 5.40. The Balaban J connectivity index is 1.66. The van der Waals surface area contributed by atoms with Crippen LogP contribution < -0.4 is 10.6 Å². The molecule has 0 bridgehead atoms. The average molecular weight is 362 g/mol. The van der Waals surface area contributed by atoms with Crippen LogP contribution in [0.3, 0.4) is 0 Å². The molecular weight excluding hydrogens is 349 g/mol. The van der Waals surface area contributed by atoms with Gasteiger partial charge >= 0.3 is 6.18 Å². The van der Waals surface area contributed by atoms with Crippen LogP contribution in [0.2, 0.25) is 0 Å². The van der Waals surface area contributed by atoms with Gasteiger partial charge in [0.1, 0.15) is 11.5 Å². The van der Waals surface area contributed by atoms with E-state index in [0.29, 0.717) is 11.4 Å². The summed E-state index contributed by atoms with van der Waals surface area (Å²) in [5.41, 5.74) is -0.276. The third-order valence-corrected chi connectivity index (χ3v) is 3.36. The van der Waals surface area contributed by atoms with Gasteiger partial charge in [0.15, 0.2) is 0 Å². The van der Waals surface area contributed by atoms with Gasteiger partial charge in [0, 0.05) is 11.9 Å². The smallest absolute Gasteiger partial charge is 0.416 e. The number of anilines is 2. The summed E-state index contributed by atoms with van der Waals surface area (Å²) in [6.07, 6.45) is -1.53. The molecule has 0 aliphatic carbocycles. The number of hydrogen-bond donors (Lipinski definition) is 2. The molecule has 2 aromatic heterocycles. The quantitative estimate of drug-likeness (QED) is 0.722. The molecule has 2 N–H and O–H groups in total. The largest absolute Gasteiger partial charge is 0.467 e. The maximum absolute atomic E-state index is 12.6. The number of alkyl halides is 3. The second-order valence-electron chi connectivity index (χ2n) is 5.23. The second kappa shape index (κ2) is 7.26. The van der Waals surface area contributed by atoms with Gasteiger partial charge in [-0.15, -0.1) is 0 Å². The van der Waals surface area contributed by atoms with E-state index >= 15 is 0 Å². The van der Waals surface area contributed by atoms with Gasteiger partial charge < -0.3 is 15.1 Å². The first-order chi connectivity index (χ1) is 12.4. The molecule has 2 heterocycles. The van der Waals surface area contributed by atoms with Crippen molar-refractivity contribution in [3.05, 3.63) is 71.9 Å². The fourth-order valence-corrected chi connectivity index (χ4v) is 2.09. The highest BCUT2D eigenvalue weighted by molar-refractivity contribution is 5.92. The van der Waals surface area contributed by atoms with Crippen LogP contribution in [-0.2, 0) is 12.7 Å². The Kier molecular flexibility index (Phi) is 4.87. The van der Waals surface area contributed by atoms with Crippen LogP contribution in [0.1, 0.15) is 21.8 Å². The van der Waals surface area contributed by atoms with Crippen molar-refractivity contribution in [2.45, 2.75) is 12.7 Å². The number of furan rings is 1. The first-order valence-electron chi connectivity index (χ1n) is 7.50. The van der Waals surface area contributed by atoms with E-state index in [9.17, 15) is 18.0 Å². The Morgan fingerprint density at radius 3 is 2.54 bits per heavy atom. The number of amides is 1. The van der Waals surface area contributed by atoms with E-state index in [1.54, 1.807) is 12.1 Å². The minimum Gasteiger partial charge on any atom is -0.467 e. The maximum atomic E-state index is 12.6. The van der Waals surface area contributed by atoms with Crippen LogP contribution >= 0.6 is 0 Å². The fourth-order valence-electron chi connectivity index (χ4n) is 2.09. The van der Waals surface area contributed by atoms with E-state index < -0.39 is 17.6 Å². The zero-order valence-corrected chi connectivity index (χ0v) is 13.2. The number of carbonyl (C=O) groups is 1. The highest BCUT2D eigenvalue weighted by atomic mass is 19.4. The Morgan fingerprint density at radius 1 is 1.12 bits per heavy atom. The van der Waals surface area contributed by atoms with E-state index in [1.807, 2.05) is 0 Å². The lowest BCUT2D eigenvalue weighted by molar-refractivity contribution is -0.137. The number of carbonyl (C=O) groups excluding carboxylic acids is 1. The summed E-state index contributed by atoms with van der Waals surface area (Å²) in [5.74, 6) is 0.255. The van der Waals surface area contributed by atoms with Crippen LogP contribution in [0.15, 0.2) is 59.3 Å². The summed E-state index contributed by atoms with van der Waals surface area (Å²) in [6, 6.07) is 9.27. The standard InChI is InChI=1S/C17H13F3N4O2/c18-17(19,20)11-3-5-12(6-4-11)23-16-21-8-7-14(24-16)15(25)22-10-13-2-1-9-26-13/h1-9H,10H2,(H,22,25)(H,21,23,24). The number of nitrogens with zero attached hydrogens (tertiary/aromatic N) is 2. The van der Waals surface area contributed by atoms with Crippen molar-refractivity contribution in [2.75, 3.05) is 5.32 Å². The Labute approximate surface area is 146 Å². The summed E-state index contributed by atoms with van der Waals surface area (Å²) < 4.78 is 42.8. The molecule has 0 fully saturated rings. The minimum absolute atomic E-state index is 0.0930. The maximum Gasteiger partial charge on any atom is 0.416 e. The molecule has 6 nitrogen and oxygen atoms in total. The fraction of sp³-hybridized carbons (Fsp3) is 0.118. The Bertz CT molecular complexity index is 878. The molecule has 1 aromatic carbocycles. The van der Waals surface area contributed by atoms with Crippen molar-refractivity contribution in [3.63, 3.8) is 0 Å². The van der Waals surface area contributed by atoms with E-state index in [2.05, 4.69) is 20.6 Å². The van der Waals surface area contributed by atoms with E-state index in [1.165, 1.54) is 30.7 Å². The van der Waals surface area contributed by atoms with Crippen LogP contribution in [-0.4, -0.2) is 15.9 Å². The first-order valence-corrected chi connectivity index (χ1v) is 7.50. The van der Waals surface area contributed by atoms with Crippen molar-refractivity contribution in [1.29, 1.82) is 0 Å². The molecule has 0 saturated heterocycles. The van der Waals surface area contributed by atoms with E-state index in [0.717, 1.165) is 12.1 Å². The molecule has 3 aromatic rings. The molecule has 9 heteroatoms. The molecule has 26 heavy (non-hydrogen) atoms. The number of hydrogen-bond acceptors (Lipinski definition) is 5. The molecule has 1 amide bonds. The van der Waals surface area contributed by atoms with Gasteiger partial charge in [-0.05, 0) is 42.5 Å². The molecule has 3 rings (SSSR count). The molecule has 0 aliphatic rings. The third-order valence-electron chi connectivity index (χ3n) is 3.36. The van der Waals surface area contributed by atoms with E-state index in [4.69, 9.17) is 4.42 Å². The predicted molar refractivity (Wildman–Crippen MR) is 86.6 cm³/mol. The SMILES string of the molecule is O=C(NCc1ccco1)c1ccnc(Nc2ccc(C(F)(F)F)cc2)n1.